The Balaban J connectivity index is 1.03. The van der Waals surface area contributed by atoms with Gasteiger partial charge in [0.05, 0.1) is 42.4 Å². The Morgan fingerprint density at radius 2 is 1.24 bits per heavy atom. The summed E-state index contributed by atoms with van der Waals surface area (Å²) >= 11 is 0. The zero-order valence-electron chi connectivity index (χ0n) is 26.9. The van der Waals surface area contributed by atoms with Crippen LogP contribution in [0, 0.1) is 0 Å². The zero-order valence-corrected chi connectivity index (χ0v) is 26.9. The van der Waals surface area contributed by atoms with Crippen molar-refractivity contribution in [3.05, 3.63) is 108 Å². The van der Waals surface area contributed by atoms with Gasteiger partial charge in [-0.15, -0.1) is 0 Å². The van der Waals surface area contributed by atoms with E-state index >= 15 is 0 Å². The molecule has 12 nitrogen and oxygen atoms in total. The molecule has 250 valence electrons. The molecule has 5 aromatic rings. The molecule has 2 aliphatic rings. The van der Waals surface area contributed by atoms with E-state index < -0.39 is 12.1 Å². The molecule has 4 heterocycles. The van der Waals surface area contributed by atoms with Crippen molar-refractivity contribution >= 4 is 17.9 Å². The molecule has 7 rings (SSSR count). The molecule has 0 unspecified atom stereocenters. The van der Waals surface area contributed by atoms with Gasteiger partial charge < -0.3 is 35.9 Å². The molecule has 2 aliphatic heterocycles. The zero-order chi connectivity index (χ0) is 33.9. The molecule has 12 heteroatoms. The number of H-pyrrole nitrogens is 2. The second-order valence-corrected chi connectivity index (χ2v) is 12.5. The highest BCUT2D eigenvalue weighted by molar-refractivity contribution is 5.87. The van der Waals surface area contributed by atoms with Crippen LogP contribution in [0.15, 0.2) is 91.3 Å². The summed E-state index contributed by atoms with van der Waals surface area (Å²) in [6.07, 6.45) is 5.67. The highest BCUT2D eigenvalue weighted by Crippen LogP contribution is 2.35. The van der Waals surface area contributed by atoms with Crippen LogP contribution in [0.3, 0.4) is 0 Å². The van der Waals surface area contributed by atoms with Gasteiger partial charge >= 0.3 is 6.09 Å². The van der Waals surface area contributed by atoms with E-state index in [2.05, 4.69) is 61.7 Å². The standard InChI is InChI=1S/C37H38N8O4/c38-20-32(46)44-18-4-8-30(44)34-39-21-28(41-34)25-14-10-23(11-15-25)24-12-16-26(17-13-24)29-22-40-35(42-29)31-9-5-19-45(31)36(47)33(43-37(48)49)27-6-2-1-3-7-27/h1-3,6-7,10-17,21-22,30-31,33,43H,4-5,8-9,18-20,38H2,(H,39,41)(H,40,42)(H,48,49)/t30-,31-,33+/m0/s1. The maximum absolute atomic E-state index is 13.7. The van der Waals surface area contributed by atoms with E-state index in [1.54, 1.807) is 35.4 Å². The second kappa shape index (κ2) is 13.8. The summed E-state index contributed by atoms with van der Waals surface area (Å²) in [5.41, 5.74) is 12.0. The summed E-state index contributed by atoms with van der Waals surface area (Å²) in [6.45, 7) is 1.23. The number of nitrogens with one attached hydrogen (secondary N) is 3. The highest BCUT2D eigenvalue weighted by atomic mass is 16.4. The molecular formula is C37H38N8O4. The molecule has 49 heavy (non-hydrogen) atoms. The van der Waals surface area contributed by atoms with Crippen molar-refractivity contribution in [3.8, 4) is 33.6 Å². The van der Waals surface area contributed by atoms with Crippen LogP contribution in [-0.2, 0) is 9.59 Å². The monoisotopic (exact) mass is 658 g/mol. The summed E-state index contributed by atoms with van der Waals surface area (Å²) in [5, 5.41) is 11.8. The van der Waals surface area contributed by atoms with Crippen molar-refractivity contribution in [2.75, 3.05) is 19.6 Å². The second-order valence-electron chi connectivity index (χ2n) is 12.5. The van der Waals surface area contributed by atoms with Gasteiger partial charge in [0.2, 0.25) is 5.91 Å². The third kappa shape index (κ3) is 6.55. The van der Waals surface area contributed by atoms with Crippen LogP contribution in [0.1, 0.15) is 61.0 Å². The van der Waals surface area contributed by atoms with Crippen LogP contribution in [-0.4, -0.2) is 72.4 Å². The molecule has 0 spiro atoms. The molecule has 0 radical (unpaired) electrons. The number of hydrogen-bond acceptors (Lipinski definition) is 6. The van der Waals surface area contributed by atoms with Crippen molar-refractivity contribution in [2.24, 2.45) is 5.73 Å². The van der Waals surface area contributed by atoms with Crippen molar-refractivity contribution in [1.82, 2.24) is 35.1 Å². The van der Waals surface area contributed by atoms with Gasteiger partial charge in [0, 0.05) is 13.1 Å². The van der Waals surface area contributed by atoms with Crippen LogP contribution < -0.4 is 11.1 Å². The Morgan fingerprint density at radius 3 is 1.76 bits per heavy atom. The summed E-state index contributed by atoms with van der Waals surface area (Å²) in [6, 6.07) is 24.0. The van der Waals surface area contributed by atoms with E-state index in [-0.39, 0.29) is 30.4 Å². The lowest BCUT2D eigenvalue weighted by Gasteiger charge is -2.28. The smallest absolute Gasteiger partial charge is 0.405 e. The van der Waals surface area contributed by atoms with Crippen LogP contribution in [0.5, 0.6) is 0 Å². The van der Waals surface area contributed by atoms with Gasteiger partial charge in [0.1, 0.15) is 17.7 Å². The number of rotatable bonds is 9. The number of likely N-dealkylation sites (tertiary alicyclic amines) is 2. The van der Waals surface area contributed by atoms with Gasteiger partial charge in [0.15, 0.2) is 0 Å². The van der Waals surface area contributed by atoms with Crippen LogP contribution in [0.2, 0.25) is 0 Å². The van der Waals surface area contributed by atoms with E-state index in [0.29, 0.717) is 24.5 Å². The van der Waals surface area contributed by atoms with Gasteiger partial charge in [-0.3, -0.25) is 9.59 Å². The average Bonchev–Trinajstić information content (AvgIpc) is 3.97. The highest BCUT2D eigenvalue weighted by Gasteiger charge is 2.37. The first kappa shape index (κ1) is 31.8. The van der Waals surface area contributed by atoms with E-state index in [4.69, 9.17) is 5.73 Å². The van der Waals surface area contributed by atoms with Crippen LogP contribution in [0.4, 0.5) is 4.79 Å². The molecule has 3 amide bonds. The maximum Gasteiger partial charge on any atom is 0.405 e. The van der Waals surface area contributed by atoms with E-state index in [1.807, 2.05) is 29.3 Å². The molecule has 6 N–H and O–H groups in total. The van der Waals surface area contributed by atoms with E-state index in [0.717, 1.165) is 65.1 Å². The minimum absolute atomic E-state index is 0.00238. The van der Waals surface area contributed by atoms with Crippen molar-refractivity contribution in [1.29, 1.82) is 0 Å². The molecule has 2 aromatic heterocycles. The fraction of sp³-hybridized carbons (Fsp3) is 0.270. The summed E-state index contributed by atoms with van der Waals surface area (Å²) in [7, 11) is 0. The number of carboxylic acid groups (broad SMARTS) is 1. The predicted molar refractivity (Wildman–Crippen MR) is 184 cm³/mol. The number of hydrogen-bond donors (Lipinski definition) is 5. The summed E-state index contributed by atoms with van der Waals surface area (Å²) in [5.74, 6) is 1.11. The number of nitrogens with two attached hydrogens (primary N) is 1. The molecule has 3 aromatic carbocycles. The third-order valence-corrected chi connectivity index (χ3v) is 9.48. The Morgan fingerprint density at radius 1 is 0.755 bits per heavy atom. The Bertz CT molecular complexity index is 1940. The fourth-order valence-electron chi connectivity index (χ4n) is 6.99. The Hall–Kier alpha value is -5.75. The Kier molecular flexibility index (Phi) is 8.95. The number of nitrogens with zero attached hydrogens (tertiary/aromatic N) is 4. The first-order chi connectivity index (χ1) is 23.9. The predicted octanol–water partition coefficient (Wildman–Crippen LogP) is 5.43. The van der Waals surface area contributed by atoms with Gasteiger partial charge in [-0.25, -0.2) is 14.8 Å². The molecule has 3 atom stereocenters. The molecule has 0 bridgehead atoms. The third-order valence-electron chi connectivity index (χ3n) is 9.48. The number of imidazole rings is 2. The molecule has 0 saturated carbocycles. The largest absolute Gasteiger partial charge is 0.465 e. The van der Waals surface area contributed by atoms with Crippen molar-refractivity contribution < 1.29 is 19.5 Å². The maximum atomic E-state index is 13.7. The van der Waals surface area contributed by atoms with Crippen LogP contribution in [0.25, 0.3) is 33.6 Å². The number of aromatic amines is 2. The van der Waals surface area contributed by atoms with Gasteiger partial charge in [-0.1, -0.05) is 78.9 Å². The first-order valence-electron chi connectivity index (χ1n) is 16.5. The normalized spacial score (nSPS) is 18.1. The van der Waals surface area contributed by atoms with Gasteiger partial charge in [-0.05, 0) is 53.5 Å². The first-order valence-corrected chi connectivity index (χ1v) is 16.5. The number of aromatic nitrogens is 4. The Labute approximate surface area is 283 Å². The SMILES string of the molecule is NCC(=O)N1CCC[C@H]1c1ncc(-c2ccc(-c3ccc(-c4cnc([C@@H]5CCCN5C(=O)[C@H](NC(=O)O)c5ccccc5)[nH]4)cc3)cc2)[nH]1. The number of carbonyl (C=O) groups is 3. The lowest BCUT2D eigenvalue weighted by molar-refractivity contribution is -0.134. The molecule has 2 fully saturated rings. The molecule has 0 aliphatic carbocycles. The van der Waals surface area contributed by atoms with Gasteiger partial charge in [-0.2, -0.15) is 0 Å². The van der Waals surface area contributed by atoms with E-state index in [9.17, 15) is 19.5 Å². The summed E-state index contributed by atoms with van der Waals surface area (Å²) in [4.78, 5) is 57.1. The van der Waals surface area contributed by atoms with Crippen molar-refractivity contribution in [2.45, 2.75) is 43.8 Å². The number of benzene rings is 3. The minimum Gasteiger partial charge on any atom is -0.465 e. The van der Waals surface area contributed by atoms with Crippen LogP contribution >= 0.6 is 0 Å². The fourth-order valence-corrected chi connectivity index (χ4v) is 6.99. The molecule has 2 saturated heterocycles. The lowest BCUT2D eigenvalue weighted by Crippen LogP contribution is -2.42. The van der Waals surface area contributed by atoms with Crippen molar-refractivity contribution in [3.63, 3.8) is 0 Å². The lowest BCUT2D eigenvalue weighted by atomic mass is 10.0. The minimum atomic E-state index is -1.25. The van der Waals surface area contributed by atoms with Gasteiger partial charge in [0.25, 0.3) is 5.91 Å². The quantitative estimate of drug-likeness (QED) is 0.140. The van der Waals surface area contributed by atoms with E-state index in [1.165, 1.54) is 0 Å². The number of carbonyl (C=O) groups excluding carboxylic acids is 2. The topological polar surface area (TPSA) is 173 Å². The number of amides is 3. The molecular weight excluding hydrogens is 620 g/mol. The summed E-state index contributed by atoms with van der Waals surface area (Å²) < 4.78 is 0. The average molecular weight is 659 g/mol.